The lowest BCUT2D eigenvalue weighted by molar-refractivity contribution is -0.0581. The second kappa shape index (κ2) is 6.64. The number of fused-ring (bicyclic) bond motifs is 1. The number of hydrogen-bond acceptors (Lipinski definition) is 5. The number of nitrogens with zero attached hydrogens (tertiary/aromatic N) is 1. The molecule has 5 nitrogen and oxygen atoms in total. The third kappa shape index (κ3) is 3.03. The van der Waals surface area contributed by atoms with Crippen LogP contribution in [-0.4, -0.2) is 22.8 Å². The Morgan fingerprint density at radius 3 is 2.30 bits per heavy atom. The predicted molar refractivity (Wildman–Crippen MR) is 102 cm³/mol. The number of hydroxylamine groups is 2. The monoisotopic (exact) mass is 397 g/mol. The summed E-state index contributed by atoms with van der Waals surface area (Å²) >= 11 is 7.25. The van der Waals surface area contributed by atoms with Gasteiger partial charge in [0.05, 0.1) is 11.1 Å². The van der Waals surface area contributed by atoms with Gasteiger partial charge in [-0.25, -0.2) is 4.79 Å². The van der Waals surface area contributed by atoms with Crippen LogP contribution in [0.5, 0.6) is 0 Å². The van der Waals surface area contributed by atoms with Gasteiger partial charge in [-0.05, 0) is 48.4 Å². The topological polar surface area (TPSA) is 63.7 Å². The van der Waals surface area contributed by atoms with Crippen LogP contribution in [0.2, 0.25) is 5.02 Å². The molecule has 0 spiro atoms. The second-order valence-corrected chi connectivity index (χ2v) is 7.45. The maximum atomic E-state index is 12.5. The number of hydrogen-bond donors (Lipinski definition) is 0. The number of amides is 2. The molecule has 0 radical (unpaired) electrons. The highest BCUT2D eigenvalue weighted by molar-refractivity contribution is 7.17. The number of rotatable bonds is 3. The second-order valence-electron chi connectivity index (χ2n) is 5.96. The molecule has 7 heteroatoms. The Bertz CT molecular complexity index is 1070. The van der Waals surface area contributed by atoms with Crippen LogP contribution >= 0.6 is 22.9 Å². The van der Waals surface area contributed by atoms with Crippen LogP contribution in [0.15, 0.2) is 54.6 Å². The van der Waals surface area contributed by atoms with Gasteiger partial charge in [0.15, 0.2) is 0 Å². The Hall–Kier alpha value is -2.96. The number of imide groups is 1. The zero-order valence-corrected chi connectivity index (χ0v) is 15.6. The molecular formula is C20H12ClNO4S. The summed E-state index contributed by atoms with van der Waals surface area (Å²) in [5.41, 5.74) is 2.19. The van der Waals surface area contributed by atoms with E-state index in [1.807, 2.05) is 19.1 Å². The minimum Gasteiger partial charge on any atom is -0.323 e. The average Bonchev–Trinajstić information content (AvgIpc) is 3.16. The van der Waals surface area contributed by atoms with E-state index in [2.05, 4.69) is 0 Å². The van der Waals surface area contributed by atoms with Crippen LogP contribution in [0.4, 0.5) is 0 Å². The van der Waals surface area contributed by atoms with Gasteiger partial charge in [-0.2, -0.15) is 0 Å². The Kier molecular flexibility index (Phi) is 4.30. The standard InChI is InChI=1S/C20H12ClNO4S/c1-11-9-16(27-17(11)12-5-4-6-13(21)10-12)20(25)26-22-18(23)14-7-2-3-8-15(14)19(22)24/h2-10H,1H3. The zero-order valence-electron chi connectivity index (χ0n) is 14.1. The van der Waals surface area contributed by atoms with Crippen molar-refractivity contribution in [2.75, 3.05) is 0 Å². The van der Waals surface area contributed by atoms with Crippen molar-refractivity contribution >= 4 is 40.7 Å². The van der Waals surface area contributed by atoms with Crippen LogP contribution in [0.3, 0.4) is 0 Å². The molecule has 4 rings (SSSR count). The smallest absolute Gasteiger partial charge is 0.323 e. The molecule has 0 bridgehead atoms. The zero-order chi connectivity index (χ0) is 19.1. The Morgan fingerprint density at radius 2 is 1.67 bits per heavy atom. The van der Waals surface area contributed by atoms with Crippen molar-refractivity contribution < 1.29 is 19.2 Å². The van der Waals surface area contributed by atoms with E-state index in [0.717, 1.165) is 16.0 Å². The minimum absolute atomic E-state index is 0.220. The molecule has 1 aromatic heterocycles. The highest BCUT2D eigenvalue weighted by Crippen LogP contribution is 2.34. The van der Waals surface area contributed by atoms with E-state index < -0.39 is 17.8 Å². The van der Waals surface area contributed by atoms with Gasteiger partial charge in [0, 0.05) is 9.90 Å². The van der Waals surface area contributed by atoms with Crippen LogP contribution in [-0.2, 0) is 4.84 Å². The van der Waals surface area contributed by atoms with E-state index >= 15 is 0 Å². The predicted octanol–water partition coefficient (Wildman–Crippen LogP) is 4.74. The van der Waals surface area contributed by atoms with Crippen LogP contribution in [0.25, 0.3) is 10.4 Å². The SMILES string of the molecule is Cc1cc(C(=O)ON2C(=O)c3ccccc3C2=O)sc1-c1cccc(Cl)c1. The molecule has 2 amide bonds. The lowest BCUT2D eigenvalue weighted by atomic mass is 10.1. The fraction of sp³-hybridized carbons (Fsp3) is 0.0500. The molecule has 0 fully saturated rings. The van der Waals surface area contributed by atoms with Crippen molar-refractivity contribution in [1.82, 2.24) is 5.06 Å². The molecule has 3 aromatic rings. The highest BCUT2D eigenvalue weighted by atomic mass is 35.5. The van der Waals surface area contributed by atoms with Gasteiger partial charge in [-0.15, -0.1) is 11.3 Å². The van der Waals surface area contributed by atoms with E-state index in [1.54, 1.807) is 30.3 Å². The number of carbonyl (C=O) groups is 3. The van der Waals surface area contributed by atoms with Crippen molar-refractivity contribution in [3.63, 3.8) is 0 Å². The number of benzene rings is 2. The normalized spacial score (nSPS) is 13.0. The van der Waals surface area contributed by atoms with Crippen LogP contribution in [0.1, 0.15) is 36.0 Å². The summed E-state index contributed by atoms with van der Waals surface area (Å²) in [5.74, 6) is -2.05. The van der Waals surface area contributed by atoms with Gasteiger partial charge < -0.3 is 4.84 Å². The van der Waals surface area contributed by atoms with Crippen molar-refractivity contribution in [1.29, 1.82) is 0 Å². The summed E-state index contributed by atoms with van der Waals surface area (Å²) in [6.45, 7) is 1.87. The molecule has 0 saturated carbocycles. The highest BCUT2D eigenvalue weighted by Gasteiger charge is 2.39. The van der Waals surface area contributed by atoms with Crippen LogP contribution < -0.4 is 0 Å². The summed E-state index contributed by atoms with van der Waals surface area (Å²) < 4.78 is 0. The number of aryl methyl sites for hydroxylation is 1. The summed E-state index contributed by atoms with van der Waals surface area (Å²) in [7, 11) is 0. The molecule has 0 saturated heterocycles. The fourth-order valence-corrected chi connectivity index (χ4v) is 4.11. The van der Waals surface area contributed by atoms with Gasteiger partial charge in [0.25, 0.3) is 11.8 Å². The molecule has 0 N–H and O–H groups in total. The summed E-state index contributed by atoms with van der Waals surface area (Å²) in [5, 5.41) is 1.11. The molecular weight excluding hydrogens is 386 g/mol. The van der Waals surface area contributed by atoms with Gasteiger partial charge in [0.2, 0.25) is 0 Å². The molecule has 1 aliphatic rings. The van der Waals surface area contributed by atoms with E-state index in [1.165, 1.54) is 23.5 Å². The molecule has 2 aromatic carbocycles. The molecule has 0 atom stereocenters. The average molecular weight is 398 g/mol. The Labute approximate surface area is 163 Å². The first-order valence-electron chi connectivity index (χ1n) is 8.02. The maximum Gasteiger partial charge on any atom is 0.373 e. The molecule has 134 valence electrons. The third-order valence-electron chi connectivity index (χ3n) is 4.14. The van der Waals surface area contributed by atoms with Gasteiger partial charge in [-0.3, -0.25) is 9.59 Å². The van der Waals surface area contributed by atoms with Gasteiger partial charge in [0.1, 0.15) is 4.88 Å². The minimum atomic E-state index is -0.758. The lowest BCUT2D eigenvalue weighted by Crippen LogP contribution is -2.32. The molecule has 0 unspecified atom stereocenters. The summed E-state index contributed by atoms with van der Waals surface area (Å²) in [6.07, 6.45) is 0. The van der Waals surface area contributed by atoms with Crippen LogP contribution in [0, 0.1) is 6.92 Å². The van der Waals surface area contributed by atoms with E-state index in [4.69, 9.17) is 16.4 Å². The summed E-state index contributed by atoms with van der Waals surface area (Å²) in [4.78, 5) is 43.4. The van der Waals surface area contributed by atoms with Crippen molar-refractivity contribution in [3.05, 3.63) is 81.2 Å². The van der Waals surface area contributed by atoms with Crippen molar-refractivity contribution in [2.45, 2.75) is 6.92 Å². The Morgan fingerprint density at radius 1 is 1.00 bits per heavy atom. The Balaban J connectivity index is 1.59. The molecule has 0 aliphatic carbocycles. The first-order chi connectivity index (χ1) is 13.0. The van der Waals surface area contributed by atoms with Crippen molar-refractivity contribution in [3.8, 4) is 10.4 Å². The maximum absolute atomic E-state index is 12.5. The number of thiophene rings is 1. The molecule has 2 heterocycles. The van der Waals surface area contributed by atoms with E-state index in [9.17, 15) is 14.4 Å². The summed E-state index contributed by atoms with van der Waals surface area (Å²) in [6, 6.07) is 15.3. The fourth-order valence-electron chi connectivity index (χ4n) is 2.88. The van der Waals surface area contributed by atoms with Gasteiger partial charge in [-0.1, -0.05) is 40.9 Å². The lowest BCUT2D eigenvalue weighted by Gasteiger charge is -2.11. The quantitative estimate of drug-likeness (QED) is 0.598. The third-order valence-corrected chi connectivity index (χ3v) is 5.64. The molecule has 1 aliphatic heterocycles. The molecule has 27 heavy (non-hydrogen) atoms. The number of carbonyl (C=O) groups excluding carboxylic acids is 3. The first kappa shape index (κ1) is 17.5. The van der Waals surface area contributed by atoms with Crippen molar-refractivity contribution in [2.24, 2.45) is 0 Å². The van der Waals surface area contributed by atoms with E-state index in [-0.39, 0.29) is 11.1 Å². The largest absolute Gasteiger partial charge is 0.373 e. The number of halogens is 1. The first-order valence-corrected chi connectivity index (χ1v) is 9.21. The van der Waals surface area contributed by atoms with E-state index in [0.29, 0.717) is 15.0 Å². The van der Waals surface area contributed by atoms with Gasteiger partial charge >= 0.3 is 5.97 Å².